The van der Waals surface area contributed by atoms with E-state index in [1.54, 1.807) is 0 Å². The van der Waals surface area contributed by atoms with Crippen LogP contribution in [0.25, 0.3) is 0 Å². The summed E-state index contributed by atoms with van der Waals surface area (Å²) in [7, 11) is 0. The second-order valence-corrected chi connectivity index (χ2v) is 7.85. The Balaban J connectivity index is 1.82. The molecule has 0 radical (unpaired) electrons. The topological polar surface area (TPSA) is 33.3 Å². The van der Waals surface area contributed by atoms with E-state index in [9.17, 15) is 8.78 Å². The van der Waals surface area contributed by atoms with Crippen molar-refractivity contribution in [3.05, 3.63) is 108 Å². The van der Waals surface area contributed by atoms with Gasteiger partial charge in [-0.25, -0.2) is 8.78 Å². The van der Waals surface area contributed by atoms with Gasteiger partial charge in [-0.05, 0) is 29.7 Å². The van der Waals surface area contributed by atoms with Crippen LogP contribution in [0.4, 0.5) is 8.78 Å². The number of benzene rings is 3. The van der Waals surface area contributed by atoms with Crippen LogP contribution in [0.15, 0.2) is 91.0 Å². The minimum atomic E-state index is -2.47. The zero-order chi connectivity index (χ0) is 21.5. The highest BCUT2D eigenvalue weighted by Crippen LogP contribution is 2.37. The number of hydrogen-bond acceptors (Lipinski definition) is 3. The molecule has 1 fully saturated rings. The molecule has 1 aliphatic rings. The van der Waals surface area contributed by atoms with Gasteiger partial charge in [-0.3, -0.25) is 5.32 Å². The third-order valence-corrected chi connectivity index (χ3v) is 5.88. The predicted octanol–water partition coefficient (Wildman–Crippen LogP) is 4.58. The third kappa shape index (κ3) is 4.85. The molecule has 31 heavy (non-hydrogen) atoms. The van der Waals surface area contributed by atoms with Crippen LogP contribution in [0, 0.1) is 0 Å². The number of halogens is 2. The smallest absolute Gasteiger partial charge is 0.261 e. The van der Waals surface area contributed by atoms with Gasteiger partial charge < -0.3 is 10.1 Å². The maximum absolute atomic E-state index is 12.9. The summed E-state index contributed by atoms with van der Waals surface area (Å²) in [6, 6.07) is 30.7. The lowest BCUT2D eigenvalue weighted by molar-refractivity contribution is -0.0490. The minimum Gasteiger partial charge on any atom is -0.371 e. The quantitative estimate of drug-likeness (QED) is 0.522. The molecule has 3 nitrogen and oxygen atoms in total. The van der Waals surface area contributed by atoms with E-state index >= 15 is 0 Å². The zero-order valence-corrected chi connectivity index (χ0v) is 17.4. The van der Waals surface area contributed by atoms with Crippen molar-refractivity contribution in [2.45, 2.75) is 30.5 Å². The number of piperidine rings is 1. The fourth-order valence-corrected chi connectivity index (χ4v) is 4.47. The third-order valence-electron chi connectivity index (χ3n) is 5.88. The first-order valence-corrected chi connectivity index (χ1v) is 10.7. The molecular weight excluding hydrogens is 394 g/mol. The molecule has 0 unspecified atom stereocenters. The highest BCUT2D eigenvalue weighted by molar-refractivity contribution is 5.49. The van der Waals surface area contributed by atoms with Crippen molar-refractivity contribution >= 4 is 0 Å². The van der Waals surface area contributed by atoms with Crippen LogP contribution in [0.5, 0.6) is 0 Å². The summed E-state index contributed by atoms with van der Waals surface area (Å²) in [5.74, 6) is 0. The highest BCUT2D eigenvalue weighted by Gasteiger charge is 2.40. The average Bonchev–Trinajstić information content (AvgIpc) is 2.83. The molecule has 3 aromatic carbocycles. The van der Waals surface area contributed by atoms with Gasteiger partial charge in [0.1, 0.15) is 6.61 Å². The molecule has 0 amide bonds. The molecule has 0 aliphatic carbocycles. The lowest BCUT2D eigenvalue weighted by atomic mass is 9.76. The molecule has 3 aromatic rings. The van der Waals surface area contributed by atoms with Gasteiger partial charge in [0.2, 0.25) is 0 Å². The second-order valence-electron chi connectivity index (χ2n) is 7.85. The molecule has 2 atom stereocenters. The van der Waals surface area contributed by atoms with Crippen LogP contribution < -0.4 is 10.6 Å². The van der Waals surface area contributed by atoms with E-state index in [0.29, 0.717) is 13.0 Å². The van der Waals surface area contributed by atoms with Gasteiger partial charge in [0, 0.05) is 12.6 Å². The summed E-state index contributed by atoms with van der Waals surface area (Å²) < 4.78 is 31.4. The monoisotopic (exact) mass is 422 g/mol. The molecule has 0 saturated carbocycles. The van der Waals surface area contributed by atoms with Crippen LogP contribution in [0.3, 0.4) is 0 Å². The Kier molecular flexibility index (Phi) is 7.07. The molecule has 162 valence electrons. The van der Waals surface area contributed by atoms with E-state index in [1.807, 2.05) is 54.6 Å². The first-order chi connectivity index (χ1) is 15.2. The van der Waals surface area contributed by atoms with Crippen molar-refractivity contribution in [2.75, 3.05) is 19.7 Å². The Morgan fingerprint density at radius 3 is 1.77 bits per heavy atom. The molecule has 0 spiro atoms. The normalized spacial score (nSPS) is 19.5. The summed E-state index contributed by atoms with van der Waals surface area (Å²) in [6.45, 7) is 0.848. The summed E-state index contributed by atoms with van der Waals surface area (Å²) in [4.78, 5) is 0. The number of ether oxygens (including phenoxy) is 1. The van der Waals surface area contributed by atoms with Gasteiger partial charge in [0.15, 0.2) is 0 Å². The lowest BCUT2D eigenvalue weighted by Crippen LogP contribution is -2.60. The fourth-order valence-electron chi connectivity index (χ4n) is 4.47. The van der Waals surface area contributed by atoms with Crippen molar-refractivity contribution in [3.8, 4) is 0 Å². The molecule has 1 saturated heterocycles. The standard InChI is InChI=1S/C26H28F2N2O/c27-25(28)19-31-24-16-17-29-18-23(24)30-26(20-10-4-1-5-11-20,21-12-6-2-7-13-21)22-14-8-3-9-15-22/h1-15,23-25,29-30H,16-19H2/t23-,24+/m0/s1. The van der Waals surface area contributed by atoms with E-state index in [2.05, 4.69) is 47.0 Å². The first kappa shape index (κ1) is 21.6. The zero-order valence-electron chi connectivity index (χ0n) is 17.4. The first-order valence-electron chi connectivity index (χ1n) is 10.7. The van der Waals surface area contributed by atoms with Gasteiger partial charge in [0.25, 0.3) is 6.43 Å². The number of hydrogen-bond donors (Lipinski definition) is 2. The van der Waals surface area contributed by atoms with Crippen molar-refractivity contribution in [2.24, 2.45) is 0 Å². The largest absolute Gasteiger partial charge is 0.371 e. The Bertz CT molecular complexity index is 825. The second kappa shape index (κ2) is 10.1. The molecule has 1 heterocycles. The number of nitrogens with one attached hydrogen (secondary N) is 2. The lowest BCUT2D eigenvalue weighted by Gasteiger charge is -2.43. The van der Waals surface area contributed by atoms with Crippen LogP contribution in [-0.4, -0.2) is 38.3 Å². The van der Waals surface area contributed by atoms with Gasteiger partial charge in [-0.15, -0.1) is 0 Å². The molecule has 1 aliphatic heterocycles. The van der Waals surface area contributed by atoms with Gasteiger partial charge in [-0.1, -0.05) is 91.0 Å². The number of alkyl halides is 2. The van der Waals surface area contributed by atoms with Crippen molar-refractivity contribution in [1.29, 1.82) is 0 Å². The van der Waals surface area contributed by atoms with Crippen molar-refractivity contribution in [1.82, 2.24) is 10.6 Å². The van der Waals surface area contributed by atoms with E-state index in [1.165, 1.54) is 0 Å². The SMILES string of the molecule is FC(F)CO[C@@H]1CCNC[C@@H]1NC(c1ccccc1)(c1ccccc1)c1ccccc1. The summed E-state index contributed by atoms with van der Waals surface area (Å²) >= 11 is 0. The molecular formula is C26H28F2N2O. The summed E-state index contributed by atoms with van der Waals surface area (Å²) in [5, 5.41) is 7.26. The van der Waals surface area contributed by atoms with E-state index < -0.39 is 18.6 Å². The fraction of sp³-hybridized carbons (Fsp3) is 0.308. The van der Waals surface area contributed by atoms with Crippen LogP contribution in [0.2, 0.25) is 0 Å². The predicted molar refractivity (Wildman–Crippen MR) is 119 cm³/mol. The van der Waals surface area contributed by atoms with Crippen LogP contribution >= 0.6 is 0 Å². The molecule has 0 bridgehead atoms. The van der Waals surface area contributed by atoms with Crippen molar-refractivity contribution < 1.29 is 13.5 Å². The highest BCUT2D eigenvalue weighted by atomic mass is 19.3. The Labute approximate surface area is 182 Å². The maximum atomic E-state index is 12.9. The summed E-state index contributed by atoms with van der Waals surface area (Å²) in [5.41, 5.74) is 2.61. The molecule has 0 aromatic heterocycles. The Hall–Kier alpha value is -2.60. The van der Waals surface area contributed by atoms with E-state index in [-0.39, 0.29) is 12.1 Å². The van der Waals surface area contributed by atoms with E-state index in [4.69, 9.17) is 4.74 Å². The molecule has 5 heteroatoms. The maximum Gasteiger partial charge on any atom is 0.261 e. The molecule has 2 N–H and O–H groups in total. The molecule has 4 rings (SSSR count). The Morgan fingerprint density at radius 1 is 0.839 bits per heavy atom. The number of rotatable bonds is 8. The van der Waals surface area contributed by atoms with Crippen molar-refractivity contribution in [3.63, 3.8) is 0 Å². The van der Waals surface area contributed by atoms with Crippen LogP contribution in [-0.2, 0) is 10.3 Å². The van der Waals surface area contributed by atoms with Gasteiger partial charge >= 0.3 is 0 Å². The van der Waals surface area contributed by atoms with E-state index in [0.717, 1.165) is 23.2 Å². The summed E-state index contributed by atoms with van der Waals surface area (Å²) in [6.07, 6.45) is -2.10. The van der Waals surface area contributed by atoms with Crippen LogP contribution in [0.1, 0.15) is 23.1 Å². The average molecular weight is 423 g/mol. The van der Waals surface area contributed by atoms with Gasteiger partial charge in [0.05, 0.1) is 11.6 Å². The Morgan fingerprint density at radius 2 is 1.32 bits per heavy atom. The van der Waals surface area contributed by atoms with Gasteiger partial charge in [-0.2, -0.15) is 0 Å². The minimum absolute atomic E-state index is 0.145.